The number of nitrogens with zero attached hydrogens (tertiary/aromatic N) is 2. The first-order chi connectivity index (χ1) is 9.99. The predicted molar refractivity (Wildman–Crippen MR) is 81.5 cm³/mol. The lowest BCUT2D eigenvalue weighted by Crippen LogP contribution is -2.11. The van der Waals surface area contributed by atoms with E-state index in [4.69, 9.17) is 0 Å². The SMILES string of the molecule is CCCS(=O)(=O)c1c(-c2ccc(C)cc2)ccnc1C#N. The summed E-state index contributed by atoms with van der Waals surface area (Å²) in [5.74, 6) is 0.00619. The van der Waals surface area contributed by atoms with Gasteiger partial charge in [-0.25, -0.2) is 13.4 Å². The van der Waals surface area contributed by atoms with Crippen molar-refractivity contribution < 1.29 is 8.42 Å². The van der Waals surface area contributed by atoms with Crippen molar-refractivity contribution in [2.45, 2.75) is 25.2 Å². The fraction of sp³-hybridized carbons (Fsp3) is 0.250. The minimum atomic E-state index is -3.53. The minimum Gasteiger partial charge on any atom is -0.244 e. The average Bonchev–Trinajstić information content (AvgIpc) is 2.47. The van der Waals surface area contributed by atoms with E-state index in [-0.39, 0.29) is 16.3 Å². The summed E-state index contributed by atoms with van der Waals surface area (Å²) >= 11 is 0. The van der Waals surface area contributed by atoms with Crippen molar-refractivity contribution in [3.8, 4) is 17.2 Å². The molecule has 21 heavy (non-hydrogen) atoms. The van der Waals surface area contributed by atoms with E-state index in [1.807, 2.05) is 37.3 Å². The third-order valence-electron chi connectivity index (χ3n) is 3.16. The molecule has 0 aliphatic carbocycles. The number of hydrogen-bond donors (Lipinski definition) is 0. The summed E-state index contributed by atoms with van der Waals surface area (Å²) in [6.45, 7) is 3.76. The van der Waals surface area contributed by atoms with Crippen LogP contribution in [0, 0.1) is 18.3 Å². The first kappa shape index (κ1) is 15.2. The summed E-state index contributed by atoms with van der Waals surface area (Å²) in [7, 11) is -3.53. The Labute approximate surface area is 125 Å². The van der Waals surface area contributed by atoms with Gasteiger partial charge in [-0.3, -0.25) is 0 Å². The molecule has 2 rings (SSSR count). The standard InChI is InChI=1S/C16H16N2O2S/c1-3-10-21(19,20)16-14(8-9-18-15(16)11-17)13-6-4-12(2)5-7-13/h4-9H,3,10H2,1-2H3. The van der Waals surface area contributed by atoms with E-state index in [0.717, 1.165) is 11.1 Å². The summed E-state index contributed by atoms with van der Waals surface area (Å²) in [4.78, 5) is 3.95. The third kappa shape index (κ3) is 3.11. The molecule has 0 unspecified atom stereocenters. The van der Waals surface area contributed by atoms with E-state index in [9.17, 15) is 13.7 Å². The highest BCUT2D eigenvalue weighted by atomic mass is 32.2. The van der Waals surface area contributed by atoms with Crippen LogP contribution in [0.15, 0.2) is 41.4 Å². The highest BCUT2D eigenvalue weighted by Gasteiger charge is 2.23. The molecule has 0 aliphatic heterocycles. The van der Waals surface area contributed by atoms with E-state index in [1.54, 1.807) is 13.0 Å². The molecule has 0 radical (unpaired) electrons. The van der Waals surface area contributed by atoms with Crippen molar-refractivity contribution in [3.05, 3.63) is 47.8 Å². The van der Waals surface area contributed by atoms with Crippen LogP contribution in [0.1, 0.15) is 24.6 Å². The summed E-state index contributed by atoms with van der Waals surface area (Å²) in [6, 6.07) is 11.1. The Morgan fingerprint density at radius 1 is 1.19 bits per heavy atom. The molecule has 0 bridgehead atoms. The molecule has 5 heteroatoms. The highest BCUT2D eigenvalue weighted by Crippen LogP contribution is 2.30. The van der Waals surface area contributed by atoms with Crippen LogP contribution in [-0.4, -0.2) is 19.2 Å². The van der Waals surface area contributed by atoms with Gasteiger partial charge in [0.05, 0.1) is 5.75 Å². The van der Waals surface area contributed by atoms with Crippen LogP contribution in [0.5, 0.6) is 0 Å². The van der Waals surface area contributed by atoms with Gasteiger partial charge < -0.3 is 0 Å². The quantitative estimate of drug-likeness (QED) is 0.869. The van der Waals surface area contributed by atoms with Gasteiger partial charge in [-0.15, -0.1) is 0 Å². The highest BCUT2D eigenvalue weighted by molar-refractivity contribution is 7.91. The maximum absolute atomic E-state index is 12.5. The fourth-order valence-corrected chi connectivity index (χ4v) is 3.83. The van der Waals surface area contributed by atoms with Gasteiger partial charge in [0.15, 0.2) is 15.5 Å². The third-order valence-corrected chi connectivity index (χ3v) is 5.14. The minimum absolute atomic E-state index is 0.00619. The maximum atomic E-state index is 12.5. The van der Waals surface area contributed by atoms with Crippen LogP contribution >= 0.6 is 0 Å². The summed E-state index contributed by atoms with van der Waals surface area (Å²) in [5, 5.41) is 9.19. The molecule has 0 aliphatic rings. The Bertz CT molecular complexity index is 788. The number of sulfone groups is 1. The zero-order chi connectivity index (χ0) is 15.5. The lowest BCUT2D eigenvalue weighted by Gasteiger charge is -2.11. The topological polar surface area (TPSA) is 70.8 Å². The number of nitriles is 1. The molecule has 0 atom stereocenters. The lowest BCUT2D eigenvalue weighted by atomic mass is 10.0. The molecule has 0 saturated heterocycles. The normalized spacial score (nSPS) is 11.1. The second kappa shape index (κ2) is 6.06. The Kier molecular flexibility index (Phi) is 4.39. The van der Waals surface area contributed by atoms with E-state index < -0.39 is 9.84 Å². The smallest absolute Gasteiger partial charge is 0.181 e. The largest absolute Gasteiger partial charge is 0.244 e. The van der Waals surface area contributed by atoms with E-state index in [0.29, 0.717) is 12.0 Å². The van der Waals surface area contributed by atoms with E-state index in [2.05, 4.69) is 4.98 Å². The average molecular weight is 300 g/mol. The maximum Gasteiger partial charge on any atom is 0.181 e. The summed E-state index contributed by atoms with van der Waals surface area (Å²) in [6.07, 6.45) is 1.97. The molecule has 1 aromatic carbocycles. The van der Waals surface area contributed by atoms with Crippen LogP contribution < -0.4 is 0 Å². The second-order valence-electron chi connectivity index (χ2n) is 4.83. The van der Waals surface area contributed by atoms with Crippen LogP contribution in [0.4, 0.5) is 0 Å². The van der Waals surface area contributed by atoms with Crippen LogP contribution in [0.2, 0.25) is 0 Å². The van der Waals surface area contributed by atoms with Gasteiger partial charge in [0.1, 0.15) is 11.0 Å². The van der Waals surface area contributed by atoms with Gasteiger partial charge in [-0.2, -0.15) is 5.26 Å². The predicted octanol–water partition coefficient (Wildman–Crippen LogP) is 3.11. The Balaban J connectivity index is 2.73. The zero-order valence-electron chi connectivity index (χ0n) is 12.0. The summed E-state index contributed by atoms with van der Waals surface area (Å²) < 4.78 is 25.0. The van der Waals surface area contributed by atoms with Crippen LogP contribution in [-0.2, 0) is 9.84 Å². The van der Waals surface area contributed by atoms with Gasteiger partial charge in [0.25, 0.3) is 0 Å². The van der Waals surface area contributed by atoms with E-state index in [1.165, 1.54) is 6.20 Å². The van der Waals surface area contributed by atoms with Crippen molar-refractivity contribution in [2.24, 2.45) is 0 Å². The number of aromatic nitrogens is 1. The monoisotopic (exact) mass is 300 g/mol. The molecule has 0 N–H and O–H groups in total. The molecule has 2 aromatic rings. The first-order valence-corrected chi connectivity index (χ1v) is 8.33. The van der Waals surface area contributed by atoms with Gasteiger partial charge in [0.2, 0.25) is 0 Å². The molecular formula is C16H16N2O2S. The number of rotatable bonds is 4. The van der Waals surface area contributed by atoms with Crippen LogP contribution in [0.3, 0.4) is 0 Å². The Morgan fingerprint density at radius 3 is 2.43 bits per heavy atom. The summed E-state index contributed by atoms with van der Waals surface area (Å²) in [5.41, 5.74) is 2.36. The second-order valence-corrected chi connectivity index (χ2v) is 6.88. The molecule has 0 saturated carbocycles. The van der Waals surface area contributed by atoms with Gasteiger partial charge in [-0.1, -0.05) is 36.8 Å². The molecule has 0 spiro atoms. The van der Waals surface area contributed by atoms with Gasteiger partial charge in [0, 0.05) is 11.8 Å². The van der Waals surface area contributed by atoms with Gasteiger partial charge >= 0.3 is 0 Å². The lowest BCUT2D eigenvalue weighted by molar-refractivity contribution is 0.594. The number of aryl methyl sites for hydroxylation is 1. The number of benzene rings is 1. The molecule has 4 nitrogen and oxygen atoms in total. The molecule has 1 aromatic heterocycles. The fourth-order valence-electron chi connectivity index (χ4n) is 2.17. The molecular weight excluding hydrogens is 284 g/mol. The Morgan fingerprint density at radius 2 is 1.86 bits per heavy atom. The number of hydrogen-bond acceptors (Lipinski definition) is 4. The van der Waals surface area contributed by atoms with Crippen molar-refractivity contribution in [1.29, 1.82) is 5.26 Å². The molecule has 108 valence electrons. The molecule has 0 fully saturated rings. The first-order valence-electron chi connectivity index (χ1n) is 6.68. The van der Waals surface area contributed by atoms with Crippen molar-refractivity contribution >= 4 is 9.84 Å². The van der Waals surface area contributed by atoms with Crippen LogP contribution in [0.25, 0.3) is 11.1 Å². The molecule has 0 amide bonds. The van der Waals surface area contributed by atoms with Gasteiger partial charge in [-0.05, 0) is 25.0 Å². The van der Waals surface area contributed by atoms with Crippen molar-refractivity contribution in [2.75, 3.05) is 5.75 Å². The molecule has 1 heterocycles. The number of pyridine rings is 1. The van der Waals surface area contributed by atoms with E-state index >= 15 is 0 Å². The van der Waals surface area contributed by atoms with Crippen molar-refractivity contribution in [1.82, 2.24) is 4.98 Å². The van der Waals surface area contributed by atoms with Crippen molar-refractivity contribution in [3.63, 3.8) is 0 Å². The Hall–Kier alpha value is -2.19. The zero-order valence-corrected chi connectivity index (χ0v) is 12.8.